The predicted octanol–water partition coefficient (Wildman–Crippen LogP) is 4.17. The lowest BCUT2D eigenvalue weighted by Crippen LogP contribution is -2.28. The molecule has 1 fully saturated rings. The summed E-state index contributed by atoms with van der Waals surface area (Å²) < 4.78 is 23.9. The van der Waals surface area contributed by atoms with Gasteiger partial charge in [0, 0.05) is 25.9 Å². The van der Waals surface area contributed by atoms with Crippen molar-refractivity contribution in [3.05, 3.63) is 77.7 Å². The summed E-state index contributed by atoms with van der Waals surface area (Å²) in [7, 11) is 0. The van der Waals surface area contributed by atoms with Crippen LogP contribution in [0.5, 0.6) is 5.75 Å². The van der Waals surface area contributed by atoms with E-state index in [1.807, 2.05) is 23.1 Å². The maximum Gasteiger partial charge on any atom is 0.231 e. The number of aryl methyl sites for hydroxylation is 1. The van der Waals surface area contributed by atoms with Crippen LogP contribution in [0.3, 0.4) is 0 Å². The summed E-state index contributed by atoms with van der Waals surface area (Å²) in [6, 6.07) is 16.1. The highest BCUT2D eigenvalue weighted by Crippen LogP contribution is 2.26. The molecule has 2 heterocycles. The van der Waals surface area contributed by atoms with Crippen molar-refractivity contribution < 1.29 is 18.4 Å². The summed E-state index contributed by atoms with van der Waals surface area (Å²) in [6.07, 6.45) is 3.64. The van der Waals surface area contributed by atoms with E-state index in [-0.39, 0.29) is 17.6 Å². The zero-order valence-electron chi connectivity index (χ0n) is 17.4. The molecule has 1 atom stereocenters. The number of ether oxygens (including phenoxy) is 1. The Labute approximate surface area is 181 Å². The van der Waals surface area contributed by atoms with Crippen molar-refractivity contribution in [1.29, 1.82) is 0 Å². The summed E-state index contributed by atoms with van der Waals surface area (Å²) in [4.78, 5) is 18.9. The molecule has 1 aromatic heterocycles. The van der Waals surface area contributed by atoms with Crippen LogP contribution in [0.4, 0.5) is 4.39 Å². The van der Waals surface area contributed by atoms with E-state index in [4.69, 9.17) is 9.26 Å². The molecule has 3 aromatic rings. The van der Waals surface area contributed by atoms with E-state index in [1.54, 1.807) is 12.1 Å². The van der Waals surface area contributed by atoms with Crippen molar-refractivity contribution in [2.24, 2.45) is 0 Å². The Kier molecular flexibility index (Phi) is 6.92. The predicted molar refractivity (Wildman–Crippen MR) is 113 cm³/mol. The SMILES string of the molecule is O=C(CCCc1ccccc1)N1CCC(c2nc(CCOc3ccc(F)cc3)no2)C1. The van der Waals surface area contributed by atoms with Gasteiger partial charge in [-0.15, -0.1) is 0 Å². The molecule has 31 heavy (non-hydrogen) atoms. The van der Waals surface area contributed by atoms with Gasteiger partial charge in [0.15, 0.2) is 5.82 Å². The molecule has 1 amide bonds. The van der Waals surface area contributed by atoms with Crippen LogP contribution in [0.1, 0.15) is 42.5 Å². The number of nitrogens with zero attached hydrogens (tertiary/aromatic N) is 3. The number of halogens is 1. The van der Waals surface area contributed by atoms with Crippen LogP contribution in [-0.4, -0.2) is 40.6 Å². The van der Waals surface area contributed by atoms with Gasteiger partial charge in [-0.2, -0.15) is 4.98 Å². The first kappa shape index (κ1) is 21.0. The van der Waals surface area contributed by atoms with E-state index in [9.17, 15) is 9.18 Å². The fourth-order valence-electron chi connectivity index (χ4n) is 3.76. The average Bonchev–Trinajstić information content (AvgIpc) is 3.46. The van der Waals surface area contributed by atoms with Crippen molar-refractivity contribution in [1.82, 2.24) is 15.0 Å². The molecule has 0 aliphatic carbocycles. The lowest BCUT2D eigenvalue weighted by atomic mass is 10.1. The largest absolute Gasteiger partial charge is 0.493 e. The van der Waals surface area contributed by atoms with Crippen LogP contribution in [0.2, 0.25) is 0 Å². The Morgan fingerprint density at radius 2 is 1.94 bits per heavy atom. The van der Waals surface area contributed by atoms with Gasteiger partial charge in [0.1, 0.15) is 11.6 Å². The number of aromatic nitrogens is 2. The molecule has 6 nitrogen and oxygen atoms in total. The Morgan fingerprint density at radius 3 is 2.74 bits per heavy atom. The minimum Gasteiger partial charge on any atom is -0.493 e. The molecular formula is C24H26FN3O3. The summed E-state index contributed by atoms with van der Waals surface area (Å²) >= 11 is 0. The number of carbonyl (C=O) groups is 1. The van der Waals surface area contributed by atoms with Gasteiger partial charge in [-0.1, -0.05) is 35.5 Å². The summed E-state index contributed by atoms with van der Waals surface area (Å²) in [6.45, 7) is 1.72. The third-order valence-electron chi connectivity index (χ3n) is 5.48. The fourth-order valence-corrected chi connectivity index (χ4v) is 3.76. The van der Waals surface area contributed by atoms with Crippen LogP contribution >= 0.6 is 0 Å². The maximum atomic E-state index is 12.9. The zero-order valence-corrected chi connectivity index (χ0v) is 17.4. The third kappa shape index (κ3) is 5.90. The van der Waals surface area contributed by atoms with Crippen molar-refractivity contribution >= 4 is 5.91 Å². The molecule has 2 aromatic carbocycles. The molecule has 0 radical (unpaired) electrons. The van der Waals surface area contributed by atoms with Gasteiger partial charge in [-0.25, -0.2) is 4.39 Å². The van der Waals surface area contributed by atoms with Gasteiger partial charge in [-0.05, 0) is 49.1 Å². The zero-order chi connectivity index (χ0) is 21.5. The Bertz CT molecular complexity index is 975. The number of hydrogen-bond acceptors (Lipinski definition) is 5. The lowest BCUT2D eigenvalue weighted by Gasteiger charge is -2.15. The minimum absolute atomic E-state index is 0.0809. The first-order chi connectivity index (χ1) is 15.2. The minimum atomic E-state index is -0.296. The normalized spacial score (nSPS) is 15.9. The highest BCUT2D eigenvalue weighted by Gasteiger charge is 2.30. The number of carbonyl (C=O) groups excluding carboxylic acids is 1. The van der Waals surface area contributed by atoms with E-state index in [2.05, 4.69) is 22.3 Å². The molecule has 0 N–H and O–H groups in total. The Hall–Kier alpha value is -3.22. The van der Waals surface area contributed by atoms with E-state index in [1.165, 1.54) is 17.7 Å². The molecule has 7 heteroatoms. The Morgan fingerprint density at radius 1 is 1.13 bits per heavy atom. The first-order valence-corrected chi connectivity index (χ1v) is 10.7. The van der Waals surface area contributed by atoms with Gasteiger partial charge >= 0.3 is 0 Å². The second-order valence-corrected chi connectivity index (χ2v) is 7.77. The van der Waals surface area contributed by atoms with Gasteiger partial charge in [0.2, 0.25) is 11.8 Å². The van der Waals surface area contributed by atoms with Gasteiger partial charge in [0.05, 0.1) is 12.5 Å². The highest BCUT2D eigenvalue weighted by atomic mass is 19.1. The Balaban J connectivity index is 1.19. The average molecular weight is 423 g/mol. The quantitative estimate of drug-likeness (QED) is 0.517. The monoisotopic (exact) mass is 423 g/mol. The topological polar surface area (TPSA) is 68.5 Å². The molecular weight excluding hydrogens is 397 g/mol. The molecule has 1 aliphatic heterocycles. The number of hydrogen-bond donors (Lipinski definition) is 0. The molecule has 4 rings (SSSR count). The summed E-state index contributed by atoms with van der Waals surface area (Å²) in [5.74, 6) is 1.72. The molecule has 0 bridgehead atoms. The first-order valence-electron chi connectivity index (χ1n) is 10.7. The van der Waals surface area contributed by atoms with Crippen molar-refractivity contribution in [3.8, 4) is 5.75 Å². The van der Waals surface area contributed by atoms with Crippen LogP contribution < -0.4 is 4.74 Å². The van der Waals surface area contributed by atoms with Gasteiger partial charge in [-0.3, -0.25) is 4.79 Å². The van der Waals surface area contributed by atoms with Crippen molar-refractivity contribution in [2.75, 3.05) is 19.7 Å². The van der Waals surface area contributed by atoms with E-state index in [0.29, 0.717) is 43.5 Å². The second kappa shape index (κ2) is 10.2. The van der Waals surface area contributed by atoms with E-state index in [0.717, 1.165) is 25.8 Å². The molecule has 162 valence electrons. The molecule has 0 spiro atoms. The van der Waals surface area contributed by atoms with E-state index < -0.39 is 0 Å². The third-order valence-corrected chi connectivity index (χ3v) is 5.48. The number of rotatable bonds is 9. The maximum absolute atomic E-state index is 12.9. The number of benzene rings is 2. The highest BCUT2D eigenvalue weighted by molar-refractivity contribution is 5.76. The van der Waals surface area contributed by atoms with Crippen LogP contribution in [-0.2, 0) is 17.6 Å². The smallest absolute Gasteiger partial charge is 0.231 e. The van der Waals surface area contributed by atoms with E-state index >= 15 is 0 Å². The molecule has 0 saturated carbocycles. The second-order valence-electron chi connectivity index (χ2n) is 7.77. The summed E-state index contributed by atoms with van der Waals surface area (Å²) in [5, 5.41) is 4.03. The fraction of sp³-hybridized carbons (Fsp3) is 0.375. The van der Waals surface area contributed by atoms with Crippen LogP contribution in [0.15, 0.2) is 59.1 Å². The van der Waals surface area contributed by atoms with Gasteiger partial charge < -0.3 is 14.2 Å². The number of amides is 1. The van der Waals surface area contributed by atoms with Crippen LogP contribution in [0.25, 0.3) is 0 Å². The molecule has 1 aliphatic rings. The molecule has 1 saturated heterocycles. The number of likely N-dealkylation sites (tertiary alicyclic amines) is 1. The summed E-state index contributed by atoms with van der Waals surface area (Å²) in [5.41, 5.74) is 1.26. The van der Waals surface area contributed by atoms with Gasteiger partial charge in [0.25, 0.3) is 0 Å². The lowest BCUT2D eigenvalue weighted by molar-refractivity contribution is -0.130. The van der Waals surface area contributed by atoms with Crippen molar-refractivity contribution in [2.45, 2.75) is 38.0 Å². The van der Waals surface area contributed by atoms with Crippen molar-refractivity contribution in [3.63, 3.8) is 0 Å². The van der Waals surface area contributed by atoms with Crippen LogP contribution in [0, 0.1) is 5.82 Å². The standard InChI is InChI=1S/C24H26FN3O3/c25-20-9-11-21(12-10-20)30-16-14-22-26-24(31-27-22)19-13-15-28(17-19)23(29)8-4-7-18-5-2-1-3-6-18/h1-3,5-6,9-12,19H,4,7-8,13-17H2. The molecule has 1 unspecified atom stereocenters.